The van der Waals surface area contributed by atoms with Crippen LogP contribution in [0.1, 0.15) is 18.9 Å². The summed E-state index contributed by atoms with van der Waals surface area (Å²) in [7, 11) is 0. The molecule has 0 amide bonds. The molecule has 1 aromatic rings. The van der Waals surface area contributed by atoms with E-state index in [4.69, 9.17) is 16.3 Å². The molecule has 1 aromatic carbocycles. The molecular formula is C12H15ClO3. The van der Waals surface area contributed by atoms with Gasteiger partial charge in [0.15, 0.2) is 6.10 Å². The molecule has 0 aromatic heterocycles. The molecule has 0 aliphatic rings. The fraction of sp³-hybridized carbons (Fsp3) is 0.417. The van der Waals surface area contributed by atoms with Crippen molar-refractivity contribution in [2.75, 3.05) is 6.61 Å². The standard InChI is InChI=1S/C12H15ClO3/c1-2-16-12(15)11(14)7-6-9-4-3-5-10(13)8-9/h3-5,8,11,14H,2,6-7H2,1H3/t11-/m1/s1. The molecule has 4 heteroatoms. The summed E-state index contributed by atoms with van der Waals surface area (Å²) < 4.78 is 4.70. The van der Waals surface area contributed by atoms with Gasteiger partial charge in [0.1, 0.15) is 0 Å². The molecule has 0 aliphatic heterocycles. The number of aliphatic hydroxyl groups is 1. The van der Waals surface area contributed by atoms with Crippen molar-refractivity contribution in [3.63, 3.8) is 0 Å². The molecule has 16 heavy (non-hydrogen) atoms. The summed E-state index contributed by atoms with van der Waals surface area (Å²) in [6.07, 6.45) is -0.112. The maximum atomic E-state index is 11.1. The van der Waals surface area contributed by atoms with Crippen molar-refractivity contribution in [1.82, 2.24) is 0 Å². The first-order chi connectivity index (χ1) is 7.63. The van der Waals surface area contributed by atoms with Crippen LogP contribution in [0.2, 0.25) is 5.02 Å². The lowest BCUT2D eigenvalue weighted by Crippen LogP contribution is -2.23. The molecule has 0 spiro atoms. The summed E-state index contributed by atoms with van der Waals surface area (Å²) in [5, 5.41) is 10.1. The van der Waals surface area contributed by atoms with Crippen LogP contribution in [0.3, 0.4) is 0 Å². The van der Waals surface area contributed by atoms with E-state index >= 15 is 0 Å². The van der Waals surface area contributed by atoms with Gasteiger partial charge in [0.05, 0.1) is 6.61 Å². The molecule has 0 saturated carbocycles. The molecule has 0 heterocycles. The molecule has 1 N–H and O–H groups in total. The second-order valence-corrected chi connectivity index (χ2v) is 3.87. The van der Waals surface area contributed by atoms with Crippen LogP contribution in [0.25, 0.3) is 0 Å². The van der Waals surface area contributed by atoms with Gasteiger partial charge in [-0.15, -0.1) is 0 Å². The Balaban J connectivity index is 2.42. The molecule has 0 bridgehead atoms. The van der Waals surface area contributed by atoms with Crippen LogP contribution in [0.4, 0.5) is 0 Å². The summed E-state index contributed by atoms with van der Waals surface area (Å²) in [4.78, 5) is 11.1. The van der Waals surface area contributed by atoms with Gasteiger partial charge in [-0.1, -0.05) is 23.7 Å². The van der Waals surface area contributed by atoms with Gasteiger partial charge in [0.2, 0.25) is 0 Å². The Hall–Kier alpha value is -1.06. The van der Waals surface area contributed by atoms with E-state index in [9.17, 15) is 9.90 Å². The van der Waals surface area contributed by atoms with Crippen LogP contribution < -0.4 is 0 Å². The maximum absolute atomic E-state index is 11.1. The molecule has 0 fully saturated rings. The average molecular weight is 243 g/mol. The van der Waals surface area contributed by atoms with Crippen LogP contribution >= 0.6 is 11.6 Å². The predicted octanol–water partition coefficient (Wildman–Crippen LogP) is 2.20. The topological polar surface area (TPSA) is 46.5 Å². The van der Waals surface area contributed by atoms with Gasteiger partial charge in [-0.25, -0.2) is 4.79 Å². The number of carbonyl (C=O) groups excluding carboxylic acids is 1. The third kappa shape index (κ3) is 4.21. The van der Waals surface area contributed by atoms with Crippen molar-refractivity contribution in [1.29, 1.82) is 0 Å². The highest BCUT2D eigenvalue weighted by Crippen LogP contribution is 2.13. The van der Waals surface area contributed by atoms with Crippen LogP contribution in [0.5, 0.6) is 0 Å². The average Bonchev–Trinajstić information content (AvgIpc) is 2.26. The normalized spacial score (nSPS) is 12.2. The summed E-state index contributed by atoms with van der Waals surface area (Å²) in [6, 6.07) is 7.35. The number of rotatable bonds is 5. The minimum absolute atomic E-state index is 0.285. The predicted molar refractivity (Wildman–Crippen MR) is 62.4 cm³/mol. The van der Waals surface area contributed by atoms with Crippen LogP contribution in [0, 0.1) is 0 Å². The molecule has 0 unspecified atom stereocenters. The first-order valence-corrected chi connectivity index (χ1v) is 5.60. The monoisotopic (exact) mass is 242 g/mol. The summed E-state index contributed by atoms with van der Waals surface area (Å²) in [5.74, 6) is -0.565. The van der Waals surface area contributed by atoms with Crippen molar-refractivity contribution >= 4 is 17.6 Å². The Morgan fingerprint density at radius 3 is 2.94 bits per heavy atom. The van der Waals surface area contributed by atoms with Gasteiger partial charge >= 0.3 is 5.97 Å². The third-order valence-corrected chi connectivity index (χ3v) is 2.39. The Kier molecular flexibility index (Phi) is 5.29. The third-order valence-electron chi connectivity index (χ3n) is 2.15. The lowest BCUT2D eigenvalue weighted by Gasteiger charge is -2.09. The Labute approximate surface area is 100.0 Å². The zero-order chi connectivity index (χ0) is 12.0. The fourth-order valence-corrected chi connectivity index (χ4v) is 1.57. The first kappa shape index (κ1) is 13.0. The van der Waals surface area contributed by atoms with E-state index in [1.807, 2.05) is 18.2 Å². The van der Waals surface area contributed by atoms with E-state index in [1.54, 1.807) is 13.0 Å². The lowest BCUT2D eigenvalue weighted by atomic mass is 10.1. The quantitative estimate of drug-likeness (QED) is 0.806. The minimum atomic E-state index is -1.06. The Morgan fingerprint density at radius 1 is 1.56 bits per heavy atom. The van der Waals surface area contributed by atoms with Crippen LogP contribution in [-0.4, -0.2) is 23.8 Å². The number of carbonyl (C=O) groups is 1. The molecule has 1 atom stereocenters. The second-order valence-electron chi connectivity index (χ2n) is 3.44. The summed E-state index contributed by atoms with van der Waals surface area (Å²) >= 11 is 5.82. The number of aryl methyl sites for hydroxylation is 1. The van der Waals surface area contributed by atoms with E-state index in [0.29, 0.717) is 17.9 Å². The molecule has 3 nitrogen and oxygen atoms in total. The second kappa shape index (κ2) is 6.51. The van der Waals surface area contributed by atoms with Crippen molar-refractivity contribution in [2.24, 2.45) is 0 Å². The molecule has 88 valence electrons. The van der Waals surface area contributed by atoms with Gasteiger partial charge in [-0.2, -0.15) is 0 Å². The van der Waals surface area contributed by atoms with Crippen molar-refractivity contribution in [2.45, 2.75) is 25.9 Å². The first-order valence-electron chi connectivity index (χ1n) is 5.22. The van der Waals surface area contributed by atoms with Crippen LogP contribution in [-0.2, 0) is 16.0 Å². The number of benzene rings is 1. The lowest BCUT2D eigenvalue weighted by molar-refractivity contribution is -0.153. The van der Waals surface area contributed by atoms with E-state index in [1.165, 1.54) is 0 Å². The highest BCUT2D eigenvalue weighted by atomic mass is 35.5. The number of esters is 1. The van der Waals surface area contributed by atoms with Crippen molar-refractivity contribution in [3.8, 4) is 0 Å². The number of hydrogen-bond acceptors (Lipinski definition) is 3. The Bertz CT molecular complexity index is 352. The van der Waals surface area contributed by atoms with Gasteiger partial charge in [-0.05, 0) is 37.5 Å². The fourth-order valence-electron chi connectivity index (χ4n) is 1.35. The van der Waals surface area contributed by atoms with E-state index < -0.39 is 12.1 Å². The smallest absolute Gasteiger partial charge is 0.334 e. The summed E-state index contributed by atoms with van der Waals surface area (Å²) in [6.45, 7) is 1.99. The van der Waals surface area contributed by atoms with Gasteiger partial charge in [0.25, 0.3) is 0 Å². The van der Waals surface area contributed by atoms with E-state index in [2.05, 4.69) is 0 Å². The van der Waals surface area contributed by atoms with E-state index in [0.717, 1.165) is 5.56 Å². The zero-order valence-electron chi connectivity index (χ0n) is 9.15. The zero-order valence-corrected chi connectivity index (χ0v) is 9.91. The highest BCUT2D eigenvalue weighted by molar-refractivity contribution is 6.30. The Morgan fingerprint density at radius 2 is 2.31 bits per heavy atom. The van der Waals surface area contributed by atoms with Crippen molar-refractivity contribution in [3.05, 3.63) is 34.9 Å². The molecule has 0 aliphatic carbocycles. The van der Waals surface area contributed by atoms with E-state index in [-0.39, 0.29) is 6.61 Å². The van der Waals surface area contributed by atoms with Crippen molar-refractivity contribution < 1.29 is 14.6 Å². The minimum Gasteiger partial charge on any atom is -0.464 e. The number of aliphatic hydroxyl groups excluding tert-OH is 1. The van der Waals surface area contributed by atoms with Gasteiger partial charge in [0, 0.05) is 5.02 Å². The molecule has 0 saturated heterocycles. The largest absolute Gasteiger partial charge is 0.464 e. The number of halogens is 1. The molecule has 1 rings (SSSR count). The van der Waals surface area contributed by atoms with Gasteiger partial charge in [-0.3, -0.25) is 0 Å². The van der Waals surface area contributed by atoms with Crippen LogP contribution in [0.15, 0.2) is 24.3 Å². The highest BCUT2D eigenvalue weighted by Gasteiger charge is 2.15. The maximum Gasteiger partial charge on any atom is 0.334 e. The molecular weight excluding hydrogens is 228 g/mol. The SMILES string of the molecule is CCOC(=O)[C@H](O)CCc1cccc(Cl)c1. The summed E-state index contributed by atoms with van der Waals surface area (Å²) in [5.41, 5.74) is 0.996. The van der Waals surface area contributed by atoms with Gasteiger partial charge < -0.3 is 9.84 Å². The number of ether oxygens (including phenoxy) is 1. The molecule has 0 radical (unpaired) electrons. The number of hydrogen-bond donors (Lipinski definition) is 1.